The van der Waals surface area contributed by atoms with Gasteiger partial charge in [0.1, 0.15) is 0 Å². The van der Waals surface area contributed by atoms with Gasteiger partial charge in [0.15, 0.2) is 11.5 Å². The Morgan fingerprint density at radius 1 is 1.29 bits per heavy atom. The third-order valence-electron chi connectivity index (χ3n) is 2.57. The monoisotopic (exact) mass is 259 g/mol. The number of hydrogen-bond donors (Lipinski definition) is 2. The van der Waals surface area contributed by atoms with Gasteiger partial charge in [-0.15, -0.1) is 0 Å². The average Bonchev–Trinajstić information content (AvgIpc) is 2.27. The second kappa shape index (κ2) is 6.10. The molecule has 0 aliphatic rings. The standard InChI is InChI=1S/C12H18ClNO3/c1-7(2)10-8(6-14-15)5-9(13)11(16-3)12(10)17-4/h5,7,14-15H,6H2,1-4H3. The molecule has 0 radical (unpaired) electrons. The summed E-state index contributed by atoms with van der Waals surface area (Å²) < 4.78 is 10.6. The zero-order chi connectivity index (χ0) is 13.0. The molecule has 0 atom stereocenters. The van der Waals surface area contributed by atoms with Crippen LogP contribution in [0.2, 0.25) is 5.02 Å². The molecule has 2 N–H and O–H groups in total. The summed E-state index contributed by atoms with van der Waals surface area (Å²) in [5.74, 6) is 1.39. The molecule has 0 saturated heterocycles. The molecule has 17 heavy (non-hydrogen) atoms. The second-order valence-corrected chi connectivity index (χ2v) is 4.39. The van der Waals surface area contributed by atoms with E-state index in [1.54, 1.807) is 20.3 Å². The maximum atomic E-state index is 8.84. The smallest absolute Gasteiger partial charge is 0.179 e. The Kier molecular flexibility index (Phi) is 5.05. The molecule has 4 nitrogen and oxygen atoms in total. The van der Waals surface area contributed by atoms with E-state index in [-0.39, 0.29) is 5.92 Å². The van der Waals surface area contributed by atoms with E-state index in [4.69, 9.17) is 26.3 Å². The summed E-state index contributed by atoms with van der Waals surface area (Å²) in [5.41, 5.74) is 4.02. The Labute approximate surface area is 106 Å². The third-order valence-corrected chi connectivity index (χ3v) is 2.85. The summed E-state index contributed by atoms with van der Waals surface area (Å²) in [6.45, 7) is 4.41. The summed E-state index contributed by atoms with van der Waals surface area (Å²) >= 11 is 6.11. The van der Waals surface area contributed by atoms with E-state index in [1.165, 1.54) is 0 Å². The lowest BCUT2D eigenvalue weighted by atomic mass is 9.95. The highest BCUT2D eigenvalue weighted by molar-refractivity contribution is 6.32. The molecule has 96 valence electrons. The summed E-state index contributed by atoms with van der Waals surface area (Å²) in [7, 11) is 3.13. The van der Waals surface area contributed by atoms with Gasteiger partial charge in [0, 0.05) is 12.1 Å². The zero-order valence-electron chi connectivity index (χ0n) is 10.5. The maximum absolute atomic E-state index is 8.84. The number of nitrogens with one attached hydrogen (secondary N) is 1. The van der Waals surface area contributed by atoms with Gasteiger partial charge in [-0.25, -0.2) is 5.48 Å². The average molecular weight is 260 g/mol. The fourth-order valence-corrected chi connectivity index (χ4v) is 2.22. The highest BCUT2D eigenvalue weighted by Gasteiger charge is 2.20. The van der Waals surface area contributed by atoms with Gasteiger partial charge in [-0.3, -0.25) is 0 Å². The van der Waals surface area contributed by atoms with Gasteiger partial charge in [0.2, 0.25) is 0 Å². The minimum atomic E-state index is 0.236. The van der Waals surface area contributed by atoms with Gasteiger partial charge in [-0.05, 0) is 17.5 Å². The van der Waals surface area contributed by atoms with Crippen molar-refractivity contribution in [3.63, 3.8) is 0 Å². The Bertz CT molecular complexity index is 394. The van der Waals surface area contributed by atoms with Crippen molar-refractivity contribution in [2.24, 2.45) is 0 Å². The Hall–Kier alpha value is -0.970. The van der Waals surface area contributed by atoms with E-state index in [9.17, 15) is 0 Å². The van der Waals surface area contributed by atoms with Crippen LogP contribution in [0.25, 0.3) is 0 Å². The van der Waals surface area contributed by atoms with Gasteiger partial charge in [0.05, 0.1) is 19.2 Å². The molecule has 0 aromatic heterocycles. The Morgan fingerprint density at radius 3 is 2.29 bits per heavy atom. The molecule has 0 amide bonds. The number of rotatable bonds is 5. The van der Waals surface area contributed by atoms with Crippen molar-refractivity contribution in [3.8, 4) is 11.5 Å². The number of hydrogen-bond acceptors (Lipinski definition) is 4. The van der Waals surface area contributed by atoms with Crippen LogP contribution in [0.15, 0.2) is 6.07 Å². The van der Waals surface area contributed by atoms with Crippen LogP contribution in [0.1, 0.15) is 30.9 Å². The fourth-order valence-electron chi connectivity index (χ4n) is 1.93. The van der Waals surface area contributed by atoms with Crippen LogP contribution in [0.4, 0.5) is 0 Å². The predicted octanol–water partition coefficient (Wildman–Crippen LogP) is 2.96. The first kappa shape index (κ1) is 14.1. The molecular formula is C12H18ClNO3. The molecule has 1 rings (SSSR count). The van der Waals surface area contributed by atoms with Gasteiger partial charge in [0.25, 0.3) is 0 Å². The summed E-state index contributed by atoms with van der Waals surface area (Å²) in [6, 6.07) is 1.78. The zero-order valence-corrected chi connectivity index (χ0v) is 11.3. The van der Waals surface area contributed by atoms with E-state index >= 15 is 0 Å². The fraction of sp³-hybridized carbons (Fsp3) is 0.500. The minimum Gasteiger partial charge on any atom is -0.492 e. The number of benzene rings is 1. The van der Waals surface area contributed by atoms with Crippen LogP contribution in [0.5, 0.6) is 11.5 Å². The summed E-state index contributed by atoms with van der Waals surface area (Å²) in [4.78, 5) is 0. The third kappa shape index (κ3) is 2.83. The molecule has 0 saturated carbocycles. The van der Waals surface area contributed by atoms with Crippen molar-refractivity contribution in [1.82, 2.24) is 5.48 Å². The van der Waals surface area contributed by atoms with Gasteiger partial charge >= 0.3 is 0 Å². The first-order chi connectivity index (χ1) is 8.06. The summed E-state index contributed by atoms with van der Waals surface area (Å²) in [5, 5.41) is 9.31. The number of hydroxylamine groups is 1. The summed E-state index contributed by atoms with van der Waals surface area (Å²) in [6.07, 6.45) is 0. The lowest BCUT2D eigenvalue weighted by molar-refractivity contribution is 0.160. The van der Waals surface area contributed by atoms with E-state index in [0.717, 1.165) is 11.1 Å². The molecule has 1 aromatic rings. The van der Waals surface area contributed by atoms with Crippen LogP contribution >= 0.6 is 11.6 Å². The van der Waals surface area contributed by atoms with Gasteiger partial charge < -0.3 is 14.7 Å². The number of methoxy groups -OCH3 is 2. The molecular weight excluding hydrogens is 242 g/mol. The molecule has 0 bridgehead atoms. The first-order valence-corrected chi connectivity index (χ1v) is 5.74. The Balaban J connectivity index is 3.47. The van der Waals surface area contributed by atoms with Crippen molar-refractivity contribution >= 4 is 11.6 Å². The molecule has 0 spiro atoms. The number of ether oxygens (including phenoxy) is 2. The normalized spacial score (nSPS) is 10.8. The molecule has 1 aromatic carbocycles. The van der Waals surface area contributed by atoms with Crippen molar-refractivity contribution in [3.05, 3.63) is 22.2 Å². The van der Waals surface area contributed by atoms with Crippen LogP contribution in [-0.2, 0) is 6.54 Å². The van der Waals surface area contributed by atoms with Crippen molar-refractivity contribution < 1.29 is 14.7 Å². The van der Waals surface area contributed by atoms with Crippen molar-refractivity contribution in [1.29, 1.82) is 0 Å². The highest BCUT2D eigenvalue weighted by Crippen LogP contribution is 2.43. The topological polar surface area (TPSA) is 50.7 Å². The highest BCUT2D eigenvalue weighted by atomic mass is 35.5. The quantitative estimate of drug-likeness (QED) is 0.799. The molecule has 5 heteroatoms. The lowest BCUT2D eigenvalue weighted by Crippen LogP contribution is -2.11. The maximum Gasteiger partial charge on any atom is 0.179 e. The minimum absolute atomic E-state index is 0.236. The van der Waals surface area contributed by atoms with Gasteiger partial charge in [-0.2, -0.15) is 0 Å². The number of halogens is 1. The SMILES string of the molecule is COc1c(Cl)cc(CNO)c(C(C)C)c1OC. The molecule has 0 unspecified atom stereocenters. The Morgan fingerprint density at radius 2 is 1.88 bits per heavy atom. The van der Waals surface area contributed by atoms with E-state index in [2.05, 4.69) is 5.48 Å². The van der Waals surface area contributed by atoms with Crippen molar-refractivity contribution in [2.45, 2.75) is 26.3 Å². The molecule has 0 aliphatic carbocycles. The van der Waals surface area contributed by atoms with Crippen molar-refractivity contribution in [2.75, 3.05) is 14.2 Å². The largest absolute Gasteiger partial charge is 0.492 e. The van der Waals surface area contributed by atoms with Crippen LogP contribution in [-0.4, -0.2) is 19.4 Å². The van der Waals surface area contributed by atoms with E-state index in [0.29, 0.717) is 23.1 Å². The molecule has 0 heterocycles. The van der Waals surface area contributed by atoms with Crippen LogP contribution < -0.4 is 15.0 Å². The molecule has 0 fully saturated rings. The van der Waals surface area contributed by atoms with Gasteiger partial charge in [-0.1, -0.05) is 25.4 Å². The lowest BCUT2D eigenvalue weighted by Gasteiger charge is -2.20. The first-order valence-electron chi connectivity index (χ1n) is 5.37. The van der Waals surface area contributed by atoms with E-state index < -0.39 is 0 Å². The predicted molar refractivity (Wildman–Crippen MR) is 67.3 cm³/mol. The molecule has 0 aliphatic heterocycles. The second-order valence-electron chi connectivity index (χ2n) is 3.99. The van der Waals surface area contributed by atoms with Crippen LogP contribution in [0.3, 0.4) is 0 Å². The van der Waals surface area contributed by atoms with Crippen LogP contribution in [0, 0.1) is 0 Å². The van der Waals surface area contributed by atoms with E-state index in [1.807, 2.05) is 13.8 Å².